The molecule has 21 heavy (non-hydrogen) atoms. The van der Waals surface area contributed by atoms with E-state index in [1.807, 2.05) is 18.5 Å². The first-order chi connectivity index (χ1) is 10.3. The predicted molar refractivity (Wildman–Crippen MR) is 81.1 cm³/mol. The molecule has 1 aromatic heterocycles. The van der Waals surface area contributed by atoms with Gasteiger partial charge in [0.05, 0.1) is 18.8 Å². The number of hydrogen-bond donors (Lipinski definition) is 0. The maximum absolute atomic E-state index is 5.68. The van der Waals surface area contributed by atoms with Crippen molar-refractivity contribution in [3.8, 4) is 0 Å². The van der Waals surface area contributed by atoms with Gasteiger partial charge in [-0.25, -0.2) is 0 Å². The molecule has 4 rings (SSSR count). The lowest BCUT2D eigenvalue weighted by Gasteiger charge is -2.63. The third-order valence-corrected chi connectivity index (χ3v) is 5.09. The first-order valence-electron chi connectivity index (χ1n) is 7.89. The maximum Gasteiger partial charge on any atom is 0.0635 e. The molecule has 0 radical (unpaired) electrons. The van der Waals surface area contributed by atoms with Crippen LogP contribution in [-0.4, -0.2) is 84.2 Å². The lowest BCUT2D eigenvalue weighted by Crippen LogP contribution is -2.80. The van der Waals surface area contributed by atoms with Gasteiger partial charge in [0.15, 0.2) is 0 Å². The van der Waals surface area contributed by atoms with Gasteiger partial charge >= 0.3 is 0 Å². The van der Waals surface area contributed by atoms with Crippen molar-refractivity contribution in [2.45, 2.75) is 18.1 Å². The van der Waals surface area contributed by atoms with Crippen LogP contribution in [0.5, 0.6) is 0 Å². The molecule has 0 N–H and O–H groups in total. The second-order valence-electron chi connectivity index (χ2n) is 6.85. The second-order valence-corrected chi connectivity index (χ2v) is 6.85. The molecule has 5 heteroatoms. The Hall–Kier alpha value is -1.01. The molecule has 0 unspecified atom stereocenters. The molecule has 5 nitrogen and oxygen atoms in total. The first kappa shape index (κ1) is 13.6. The zero-order valence-corrected chi connectivity index (χ0v) is 12.7. The number of pyridine rings is 1. The van der Waals surface area contributed by atoms with Crippen LogP contribution in [0, 0.1) is 0 Å². The van der Waals surface area contributed by atoms with Gasteiger partial charge in [-0.1, -0.05) is 6.07 Å². The lowest BCUT2D eigenvalue weighted by molar-refractivity contribution is -0.163. The van der Waals surface area contributed by atoms with E-state index < -0.39 is 0 Å². The molecule has 1 atom stereocenters. The van der Waals surface area contributed by atoms with E-state index in [0.717, 1.165) is 32.8 Å². The van der Waals surface area contributed by atoms with Crippen molar-refractivity contribution < 1.29 is 4.74 Å². The third kappa shape index (κ3) is 2.48. The summed E-state index contributed by atoms with van der Waals surface area (Å²) >= 11 is 0. The molecular formula is C16H24N4O. The number of morpholine rings is 1. The SMILES string of the molecule is CN1C[C@@H]2COCCN2C2(C1)CN(Cc1cccnc1)C2. The van der Waals surface area contributed by atoms with E-state index in [-0.39, 0.29) is 0 Å². The predicted octanol–water partition coefficient (Wildman–Crippen LogP) is 0.282. The van der Waals surface area contributed by atoms with Crippen molar-refractivity contribution in [2.75, 3.05) is 53.0 Å². The number of hydrogen-bond acceptors (Lipinski definition) is 5. The van der Waals surface area contributed by atoms with Gasteiger partial charge in [0.1, 0.15) is 0 Å². The standard InChI is InChI=1S/C16H24N4O/c1-18-9-15-10-21-6-5-20(15)16(11-18)12-19(13-16)8-14-3-2-4-17-7-14/h2-4,7,15H,5-6,8-13H2,1H3/t15-/m1/s1. The number of aromatic nitrogens is 1. The van der Waals surface area contributed by atoms with E-state index in [0.29, 0.717) is 11.6 Å². The topological polar surface area (TPSA) is 31.8 Å². The van der Waals surface area contributed by atoms with Gasteiger partial charge in [0.2, 0.25) is 0 Å². The molecule has 4 heterocycles. The van der Waals surface area contributed by atoms with Gasteiger partial charge in [-0.05, 0) is 18.7 Å². The molecule has 3 aliphatic rings. The zero-order valence-electron chi connectivity index (χ0n) is 12.7. The van der Waals surface area contributed by atoms with E-state index in [2.05, 4.69) is 32.8 Å². The summed E-state index contributed by atoms with van der Waals surface area (Å²) in [4.78, 5) is 12.0. The monoisotopic (exact) mass is 288 g/mol. The minimum Gasteiger partial charge on any atom is -0.378 e. The number of piperazine rings is 1. The van der Waals surface area contributed by atoms with Crippen molar-refractivity contribution >= 4 is 0 Å². The summed E-state index contributed by atoms with van der Waals surface area (Å²) in [5.74, 6) is 0. The molecule has 0 bridgehead atoms. The Morgan fingerprint density at radius 3 is 3.10 bits per heavy atom. The van der Waals surface area contributed by atoms with Crippen LogP contribution in [0.4, 0.5) is 0 Å². The molecule has 3 fully saturated rings. The Kier molecular flexibility index (Phi) is 3.46. The molecule has 0 aliphatic carbocycles. The van der Waals surface area contributed by atoms with E-state index in [1.54, 1.807) is 0 Å². The Morgan fingerprint density at radius 1 is 1.38 bits per heavy atom. The van der Waals surface area contributed by atoms with E-state index in [9.17, 15) is 0 Å². The van der Waals surface area contributed by atoms with Crippen molar-refractivity contribution in [3.63, 3.8) is 0 Å². The fourth-order valence-electron chi connectivity index (χ4n) is 4.38. The number of likely N-dealkylation sites (tertiary alicyclic amines) is 1. The van der Waals surface area contributed by atoms with E-state index >= 15 is 0 Å². The van der Waals surface area contributed by atoms with Crippen LogP contribution in [0.1, 0.15) is 5.56 Å². The molecular weight excluding hydrogens is 264 g/mol. The number of likely N-dealkylation sites (N-methyl/N-ethyl adjacent to an activating group) is 1. The molecule has 0 aromatic carbocycles. The molecule has 0 amide bonds. The molecule has 1 spiro atoms. The van der Waals surface area contributed by atoms with Crippen molar-refractivity contribution in [1.29, 1.82) is 0 Å². The number of nitrogens with zero attached hydrogens (tertiary/aromatic N) is 4. The van der Waals surface area contributed by atoms with Crippen LogP contribution >= 0.6 is 0 Å². The van der Waals surface area contributed by atoms with Crippen LogP contribution in [0.15, 0.2) is 24.5 Å². The first-order valence-corrected chi connectivity index (χ1v) is 7.89. The molecule has 3 saturated heterocycles. The summed E-state index contributed by atoms with van der Waals surface area (Å²) in [5.41, 5.74) is 1.67. The zero-order chi connectivity index (χ0) is 14.3. The fourth-order valence-corrected chi connectivity index (χ4v) is 4.38. The summed E-state index contributed by atoms with van der Waals surface area (Å²) < 4.78 is 5.68. The summed E-state index contributed by atoms with van der Waals surface area (Å²) in [6.07, 6.45) is 3.82. The van der Waals surface area contributed by atoms with E-state index in [4.69, 9.17) is 4.74 Å². The van der Waals surface area contributed by atoms with Crippen LogP contribution in [0.3, 0.4) is 0 Å². The summed E-state index contributed by atoms with van der Waals surface area (Å²) in [7, 11) is 2.25. The van der Waals surface area contributed by atoms with E-state index in [1.165, 1.54) is 25.2 Å². The largest absolute Gasteiger partial charge is 0.378 e. The Bertz CT molecular complexity index is 488. The number of rotatable bonds is 2. The maximum atomic E-state index is 5.68. The van der Waals surface area contributed by atoms with Crippen LogP contribution in [0.2, 0.25) is 0 Å². The van der Waals surface area contributed by atoms with Gasteiger partial charge < -0.3 is 9.64 Å². The Balaban J connectivity index is 1.43. The van der Waals surface area contributed by atoms with Crippen molar-refractivity contribution in [1.82, 2.24) is 19.7 Å². The molecule has 114 valence electrons. The lowest BCUT2D eigenvalue weighted by atomic mass is 9.82. The Labute approximate surface area is 126 Å². The number of fused-ring (bicyclic) bond motifs is 2. The average molecular weight is 288 g/mol. The third-order valence-electron chi connectivity index (χ3n) is 5.09. The highest BCUT2D eigenvalue weighted by Crippen LogP contribution is 2.35. The smallest absolute Gasteiger partial charge is 0.0635 e. The van der Waals surface area contributed by atoms with Crippen LogP contribution in [-0.2, 0) is 11.3 Å². The van der Waals surface area contributed by atoms with Gasteiger partial charge in [-0.2, -0.15) is 0 Å². The van der Waals surface area contributed by atoms with Crippen molar-refractivity contribution in [2.24, 2.45) is 0 Å². The Morgan fingerprint density at radius 2 is 2.29 bits per heavy atom. The van der Waals surface area contributed by atoms with Crippen LogP contribution in [0.25, 0.3) is 0 Å². The highest BCUT2D eigenvalue weighted by atomic mass is 16.5. The highest BCUT2D eigenvalue weighted by Gasteiger charge is 2.53. The average Bonchev–Trinajstić information content (AvgIpc) is 2.46. The fraction of sp³-hybridized carbons (Fsp3) is 0.688. The highest BCUT2D eigenvalue weighted by molar-refractivity contribution is 5.14. The second kappa shape index (κ2) is 5.32. The molecule has 0 saturated carbocycles. The van der Waals surface area contributed by atoms with Gasteiger partial charge in [-0.3, -0.25) is 14.8 Å². The van der Waals surface area contributed by atoms with Gasteiger partial charge in [-0.15, -0.1) is 0 Å². The quantitative estimate of drug-likeness (QED) is 0.780. The molecule has 1 aromatic rings. The van der Waals surface area contributed by atoms with Crippen LogP contribution < -0.4 is 0 Å². The summed E-state index contributed by atoms with van der Waals surface area (Å²) in [6.45, 7) is 8.58. The minimum absolute atomic E-state index is 0.351. The van der Waals surface area contributed by atoms with Gasteiger partial charge in [0, 0.05) is 57.7 Å². The van der Waals surface area contributed by atoms with Gasteiger partial charge in [0.25, 0.3) is 0 Å². The van der Waals surface area contributed by atoms with Crippen molar-refractivity contribution in [3.05, 3.63) is 30.1 Å². The summed E-state index contributed by atoms with van der Waals surface area (Å²) in [5, 5.41) is 0. The number of ether oxygens (including phenoxy) is 1. The minimum atomic E-state index is 0.351. The normalized spacial score (nSPS) is 30.0. The summed E-state index contributed by atoms with van der Waals surface area (Å²) in [6, 6.07) is 4.78. The molecule has 3 aliphatic heterocycles.